The van der Waals surface area contributed by atoms with E-state index in [0.717, 1.165) is 41.9 Å². The SMILES string of the molecule is CC(=O)NC1=CCC[C@H](C(=O)Nc2cc(-c3cc(C(=O)N(C)C)n4c3CC(C)(C)C4)c(Cl)cn2)C1. The van der Waals surface area contributed by atoms with Gasteiger partial charge in [-0.15, -0.1) is 0 Å². The van der Waals surface area contributed by atoms with Crippen molar-refractivity contribution in [3.05, 3.63) is 46.5 Å². The van der Waals surface area contributed by atoms with Crippen LogP contribution < -0.4 is 10.6 Å². The molecule has 0 saturated carbocycles. The Balaban J connectivity index is 1.62. The van der Waals surface area contributed by atoms with Crippen LogP contribution in [-0.4, -0.2) is 46.3 Å². The molecule has 0 fully saturated rings. The third-order valence-corrected chi connectivity index (χ3v) is 6.84. The van der Waals surface area contributed by atoms with Gasteiger partial charge in [-0.25, -0.2) is 4.98 Å². The summed E-state index contributed by atoms with van der Waals surface area (Å²) in [5.41, 5.74) is 4.10. The molecule has 2 N–H and O–H groups in total. The van der Waals surface area contributed by atoms with Crippen LogP contribution in [0.4, 0.5) is 5.82 Å². The van der Waals surface area contributed by atoms with Gasteiger partial charge in [-0.3, -0.25) is 14.4 Å². The standard InChI is InChI=1S/C26H32ClN5O3/c1-15(33)29-17-8-6-7-16(9-17)24(34)30-23-11-18(20(27)13-28-23)19-10-21(25(35)31(4)5)32-14-26(2,3)12-22(19)32/h8,10-11,13,16H,6-7,9,12,14H2,1-5H3,(H,29,33)(H,28,30,34)/t16-/m0/s1. The van der Waals surface area contributed by atoms with Gasteiger partial charge in [0.2, 0.25) is 11.8 Å². The first-order chi connectivity index (χ1) is 16.4. The number of hydrogen-bond donors (Lipinski definition) is 2. The molecule has 0 aromatic carbocycles. The molecule has 0 spiro atoms. The first-order valence-corrected chi connectivity index (χ1v) is 12.2. The number of hydrogen-bond acceptors (Lipinski definition) is 4. The number of anilines is 1. The van der Waals surface area contributed by atoms with Gasteiger partial charge < -0.3 is 20.1 Å². The van der Waals surface area contributed by atoms with E-state index in [1.807, 2.05) is 12.1 Å². The minimum absolute atomic E-state index is 0.0172. The van der Waals surface area contributed by atoms with Gasteiger partial charge >= 0.3 is 0 Å². The smallest absolute Gasteiger partial charge is 0.269 e. The minimum atomic E-state index is -0.258. The van der Waals surface area contributed by atoms with Crippen LogP contribution in [-0.2, 0) is 22.6 Å². The summed E-state index contributed by atoms with van der Waals surface area (Å²) >= 11 is 6.58. The van der Waals surface area contributed by atoms with E-state index in [1.54, 1.807) is 25.1 Å². The topological polar surface area (TPSA) is 96.3 Å². The van der Waals surface area contributed by atoms with Crippen molar-refractivity contribution in [2.24, 2.45) is 11.3 Å². The number of rotatable bonds is 5. The number of allylic oxidation sites excluding steroid dienone is 2. The van der Waals surface area contributed by atoms with Gasteiger partial charge in [0.05, 0.1) is 5.02 Å². The summed E-state index contributed by atoms with van der Waals surface area (Å²) in [4.78, 5) is 43.2. The maximum Gasteiger partial charge on any atom is 0.269 e. The number of halogens is 1. The quantitative estimate of drug-likeness (QED) is 0.645. The molecule has 0 saturated heterocycles. The fourth-order valence-electron chi connectivity index (χ4n) is 4.94. The molecule has 0 unspecified atom stereocenters. The first-order valence-electron chi connectivity index (χ1n) is 11.8. The number of fused-ring (bicyclic) bond motifs is 1. The fraction of sp³-hybridized carbons (Fsp3) is 0.462. The van der Waals surface area contributed by atoms with Crippen LogP contribution in [0.5, 0.6) is 0 Å². The summed E-state index contributed by atoms with van der Waals surface area (Å²) < 4.78 is 2.09. The molecule has 0 bridgehead atoms. The van der Waals surface area contributed by atoms with Gasteiger partial charge in [0.1, 0.15) is 11.5 Å². The molecular formula is C26H32ClN5O3. The highest BCUT2D eigenvalue weighted by atomic mass is 35.5. The molecule has 4 rings (SSSR count). The van der Waals surface area contributed by atoms with Crippen LogP contribution in [0, 0.1) is 11.3 Å². The van der Waals surface area contributed by atoms with Crippen molar-refractivity contribution in [2.75, 3.05) is 19.4 Å². The van der Waals surface area contributed by atoms with Crippen LogP contribution in [0.3, 0.4) is 0 Å². The Bertz CT molecular complexity index is 1230. The molecule has 186 valence electrons. The Labute approximate surface area is 210 Å². The lowest BCUT2D eigenvalue weighted by molar-refractivity contribution is -0.121. The second-order valence-corrected chi connectivity index (χ2v) is 10.9. The van der Waals surface area contributed by atoms with Crippen molar-refractivity contribution in [2.45, 2.75) is 53.0 Å². The molecule has 1 aliphatic carbocycles. The summed E-state index contributed by atoms with van der Waals surface area (Å²) in [6, 6.07) is 3.67. The van der Waals surface area contributed by atoms with Crippen LogP contribution in [0.1, 0.15) is 56.2 Å². The Kier molecular flexibility index (Phi) is 6.77. The van der Waals surface area contributed by atoms with E-state index in [4.69, 9.17) is 11.6 Å². The second-order valence-electron chi connectivity index (χ2n) is 10.4. The monoisotopic (exact) mass is 497 g/mol. The Hall–Kier alpha value is -3.13. The normalized spacial score (nSPS) is 18.5. The molecule has 35 heavy (non-hydrogen) atoms. The summed E-state index contributed by atoms with van der Waals surface area (Å²) in [6.45, 7) is 6.57. The van der Waals surface area contributed by atoms with Crippen LogP contribution in [0.25, 0.3) is 11.1 Å². The molecule has 2 aromatic heterocycles. The lowest BCUT2D eigenvalue weighted by Crippen LogP contribution is -2.29. The van der Waals surface area contributed by atoms with Crippen molar-refractivity contribution >= 4 is 35.1 Å². The predicted molar refractivity (Wildman–Crippen MR) is 136 cm³/mol. The lowest BCUT2D eigenvalue weighted by Gasteiger charge is -2.22. The average molecular weight is 498 g/mol. The zero-order chi connectivity index (χ0) is 25.5. The summed E-state index contributed by atoms with van der Waals surface area (Å²) in [5.74, 6) is -0.200. The average Bonchev–Trinajstić information content (AvgIpc) is 3.27. The molecule has 1 atom stereocenters. The van der Waals surface area contributed by atoms with Crippen LogP contribution in [0.2, 0.25) is 5.02 Å². The van der Waals surface area contributed by atoms with Crippen molar-refractivity contribution in [1.29, 1.82) is 0 Å². The number of aromatic nitrogens is 2. The molecule has 1 aliphatic heterocycles. The molecule has 9 heteroatoms. The third-order valence-electron chi connectivity index (χ3n) is 6.54. The van der Waals surface area contributed by atoms with Crippen molar-refractivity contribution in [3.8, 4) is 11.1 Å². The van der Waals surface area contributed by atoms with Gasteiger partial charge in [0.25, 0.3) is 5.91 Å². The predicted octanol–water partition coefficient (Wildman–Crippen LogP) is 4.25. The highest BCUT2D eigenvalue weighted by molar-refractivity contribution is 6.33. The molecular weight excluding hydrogens is 466 g/mol. The van der Waals surface area contributed by atoms with Gasteiger partial charge in [0.15, 0.2) is 0 Å². The third kappa shape index (κ3) is 5.27. The zero-order valence-electron chi connectivity index (χ0n) is 20.9. The van der Waals surface area contributed by atoms with Gasteiger partial charge in [-0.2, -0.15) is 0 Å². The van der Waals surface area contributed by atoms with Crippen LogP contribution >= 0.6 is 11.6 Å². The number of amides is 3. The van der Waals surface area contributed by atoms with Crippen molar-refractivity contribution in [3.63, 3.8) is 0 Å². The number of carbonyl (C=O) groups excluding carboxylic acids is 3. The molecule has 2 aromatic rings. The van der Waals surface area contributed by atoms with E-state index in [0.29, 0.717) is 29.4 Å². The Morgan fingerprint density at radius 3 is 2.60 bits per heavy atom. The maximum atomic E-state index is 13.0. The summed E-state index contributed by atoms with van der Waals surface area (Å²) in [5, 5.41) is 6.18. The number of carbonyl (C=O) groups is 3. The summed E-state index contributed by atoms with van der Waals surface area (Å²) in [6.07, 6.45) is 6.21. The van der Waals surface area contributed by atoms with Gasteiger partial charge in [0, 0.05) is 62.2 Å². The molecule has 3 heterocycles. The van der Waals surface area contributed by atoms with Gasteiger partial charge in [-0.05, 0) is 43.2 Å². The lowest BCUT2D eigenvalue weighted by atomic mass is 9.89. The number of pyridine rings is 1. The van der Waals surface area contributed by atoms with Crippen molar-refractivity contribution in [1.82, 2.24) is 19.8 Å². The van der Waals surface area contributed by atoms with E-state index >= 15 is 0 Å². The van der Waals surface area contributed by atoms with Crippen molar-refractivity contribution < 1.29 is 14.4 Å². The van der Waals surface area contributed by atoms with E-state index in [2.05, 4.69) is 34.0 Å². The van der Waals surface area contributed by atoms with E-state index < -0.39 is 0 Å². The fourth-order valence-corrected chi connectivity index (χ4v) is 5.15. The molecule has 2 aliphatic rings. The number of nitrogens with zero attached hydrogens (tertiary/aromatic N) is 3. The molecule has 0 radical (unpaired) electrons. The van der Waals surface area contributed by atoms with E-state index in [1.165, 1.54) is 13.1 Å². The molecule has 3 amide bonds. The van der Waals surface area contributed by atoms with Crippen LogP contribution in [0.15, 0.2) is 30.1 Å². The highest BCUT2D eigenvalue weighted by Crippen LogP contribution is 2.42. The maximum absolute atomic E-state index is 13.0. The Morgan fingerprint density at radius 2 is 1.91 bits per heavy atom. The second kappa shape index (κ2) is 9.49. The van der Waals surface area contributed by atoms with E-state index in [9.17, 15) is 14.4 Å². The zero-order valence-corrected chi connectivity index (χ0v) is 21.6. The summed E-state index contributed by atoms with van der Waals surface area (Å²) in [7, 11) is 3.49. The minimum Gasteiger partial charge on any atom is -0.343 e. The van der Waals surface area contributed by atoms with Gasteiger partial charge in [-0.1, -0.05) is 31.5 Å². The first kappa shape index (κ1) is 25.0. The highest BCUT2D eigenvalue weighted by Gasteiger charge is 2.35. The molecule has 8 nitrogen and oxygen atoms in total. The Morgan fingerprint density at radius 1 is 1.17 bits per heavy atom. The largest absolute Gasteiger partial charge is 0.343 e. The van der Waals surface area contributed by atoms with E-state index in [-0.39, 0.29) is 29.1 Å². The number of nitrogens with one attached hydrogen (secondary N) is 2.